The van der Waals surface area contributed by atoms with Gasteiger partial charge in [-0.15, -0.1) is 0 Å². The molecule has 0 fully saturated rings. The molecule has 1 rings (SSSR count). The van der Waals surface area contributed by atoms with E-state index in [0.717, 1.165) is 0 Å². The number of nitrogens with one attached hydrogen (secondary N) is 1. The summed E-state index contributed by atoms with van der Waals surface area (Å²) >= 11 is 0. The van der Waals surface area contributed by atoms with Gasteiger partial charge in [0.2, 0.25) is 0 Å². The summed E-state index contributed by atoms with van der Waals surface area (Å²) in [6.45, 7) is 10.9. The van der Waals surface area contributed by atoms with Crippen LogP contribution in [0.2, 0.25) is 0 Å². The zero-order chi connectivity index (χ0) is 16.0. The Hall–Kier alpha value is -2.10. The number of amides is 1. The molecule has 1 amide bonds. The maximum Gasteiger partial charge on any atom is 0.303 e. The molecule has 0 aliphatic heterocycles. The van der Waals surface area contributed by atoms with Crippen molar-refractivity contribution < 1.29 is 14.3 Å². The average Bonchev–Trinajstić information content (AvgIpc) is 2.42. The van der Waals surface area contributed by atoms with Crippen molar-refractivity contribution in [3.63, 3.8) is 0 Å². The number of ether oxygens (including phenoxy) is 1. The highest BCUT2D eigenvalue weighted by molar-refractivity contribution is 5.94. The molecule has 0 bridgehead atoms. The van der Waals surface area contributed by atoms with Gasteiger partial charge in [0.25, 0.3) is 5.91 Å². The third-order valence-electron chi connectivity index (χ3n) is 3.16. The first-order chi connectivity index (χ1) is 9.82. The van der Waals surface area contributed by atoms with Crippen molar-refractivity contribution >= 4 is 11.9 Å². The van der Waals surface area contributed by atoms with E-state index in [0.29, 0.717) is 11.1 Å². The van der Waals surface area contributed by atoms with Crippen LogP contribution >= 0.6 is 0 Å². The third kappa shape index (κ3) is 5.06. The lowest BCUT2D eigenvalue weighted by molar-refractivity contribution is -0.146. The van der Waals surface area contributed by atoms with Crippen LogP contribution in [0.4, 0.5) is 0 Å². The lowest BCUT2D eigenvalue weighted by Crippen LogP contribution is -2.48. The molecule has 0 heterocycles. The molecular weight excluding hydrogens is 266 g/mol. The zero-order valence-electron chi connectivity index (χ0n) is 13.1. The fraction of sp³-hybridized carbons (Fsp3) is 0.412. The molecule has 0 saturated heterocycles. The van der Waals surface area contributed by atoms with E-state index in [4.69, 9.17) is 4.74 Å². The fourth-order valence-corrected chi connectivity index (χ4v) is 2.08. The standard InChI is InChI=1S/C17H23NO3/c1-11(2)15(16(12(3)4)21-13(5)19)18-17(20)14-9-7-6-8-10-14/h6-11,15-16H,3H2,1-2,4-5H3,(H,18,20)/t15-,16?/m0/s1. The van der Waals surface area contributed by atoms with E-state index < -0.39 is 6.10 Å². The normalized spacial score (nSPS) is 13.4. The topological polar surface area (TPSA) is 55.4 Å². The van der Waals surface area contributed by atoms with Gasteiger partial charge in [0, 0.05) is 12.5 Å². The van der Waals surface area contributed by atoms with Crippen molar-refractivity contribution in [3.05, 3.63) is 48.0 Å². The van der Waals surface area contributed by atoms with Gasteiger partial charge in [-0.3, -0.25) is 9.59 Å². The highest BCUT2D eigenvalue weighted by Gasteiger charge is 2.29. The monoisotopic (exact) mass is 289 g/mol. The Labute approximate surface area is 126 Å². The molecule has 1 aromatic carbocycles. The van der Waals surface area contributed by atoms with E-state index in [1.807, 2.05) is 32.0 Å². The van der Waals surface area contributed by atoms with Crippen molar-refractivity contribution in [1.82, 2.24) is 5.32 Å². The van der Waals surface area contributed by atoms with Crippen LogP contribution in [0.3, 0.4) is 0 Å². The molecule has 4 nitrogen and oxygen atoms in total. The van der Waals surface area contributed by atoms with Crippen LogP contribution in [0.25, 0.3) is 0 Å². The number of rotatable bonds is 6. The van der Waals surface area contributed by atoms with E-state index in [9.17, 15) is 9.59 Å². The average molecular weight is 289 g/mol. The van der Waals surface area contributed by atoms with E-state index in [1.165, 1.54) is 6.92 Å². The molecule has 0 radical (unpaired) electrons. The number of esters is 1. The summed E-state index contributed by atoms with van der Waals surface area (Å²) in [7, 11) is 0. The first kappa shape index (κ1) is 17.0. The largest absolute Gasteiger partial charge is 0.456 e. The molecule has 0 aromatic heterocycles. The number of carbonyl (C=O) groups excluding carboxylic acids is 2. The molecule has 114 valence electrons. The Balaban J connectivity index is 2.93. The molecule has 0 aliphatic rings. The first-order valence-electron chi connectivity index (χ1n) is 7.01. The lowest BCUT2D eigenvalue weighted by Gasteiger charge is -2.30. The van der Waals surface area contributed by atoms with Gasteiger partial charge in [-0.25, -0.2) is 0 Å². The van der Waals surface area contributed by atoms with Gasteiger partial charge < -0.3 is 10.1 Å². The van der Waals surface area contributed by atoms with E-state index >= 15 is 0 Å². The molecule has 0 spiro atoms. The van der Waals surface area contributed by atoms with Crippen molar-refractivity contribution in [2.45, 2.75) is 39.8 Å². The van der Waals surface area contributed by atoms with Crippen LogP contribution < -0.4 is 5.32 Å². The van der Waals surface area contributed by atoms with E-state index in [2.05, 4.69) is 11.9 Å². The summed E-state index contributed by atoms with van der Waals surface area (Å²) in [6, 6.07) is 8.64. The highest BCUT2D eigenvalue weighted by atomic mass is 16.5. The maximum absolute atomic E-state index is 12.3. The minimum absolute atomic E-state index is 0.0960. The van der Waals surface area contributed by atoms with E-state index in [1.54, 1.807) is 19.1 Å². The molecule has 21 heavy (non-hydrogen) atoms. The van der Waals surface area contributed by atoms with Gasteiger partial charge in [-0.1, -0.05) is 38.6 Å². The van der Waals surface area contributed by atoms with Gasteiger partial charge >= 0.3 is 5.97 Å². The molecule has 1 unspecified atom stereocenters. The van der Waals surface area contributed by atoms with Crippen LogP contribution in [0, 0.1) is 5.92 Å². The minimum atomic E-state index is -0.532. The van der Waals surface area contributed by atoms with Crippen molar-refractivity contribution in [2.75, 3.05) is 0 Å². The van der Waals surface area contributed by atoms with Crippen molar-refractivity contribution in [1.29, 1.82) is 0 Å². The molecule has 2 atom stereocenters. The van der Waals surface area contributed by atoms with Crippen LogP contribution in [0.1, 0.15) is 38.1 Å². The second-order valence-corrected chi connectivity index (χ2v) is 5.49. The van der Waals surface area contributed by atoms with Gasteiger partial charge in [-0.05, 0) is 30.5 Å². The molecule has 0 saturated carbocycles. The Bertz CT molecular complexity index is 508. The minimum Gasteiger partial charge on any atom is -0.456 e. The number of hydrogen-bond donors (Lipinski definition) is 1. The summed E-state index contributed by atoms with van der Waals surface area (Å²) in [5.41, 5.74) is 1.28. The second kappa shape index (κ2) is 7.62. The smallest absolute Gasteiger partial charge is 0.303 e. The molecule has 4 heteroatoms. The van der Waals surface area contributed by atoms with Crippen molar-refractivity contribution in [2.24, 2.45) is 5.92 Å². The number of benzene rings is 1. The predicted molar refractivity (Wildman–Crippen MR) is 82.9 cm³/mol. The zero-order valence-corrected chi connectivity index (χ0v) is 13.1. The lowest BCUT2D eigenvalue weighted by atomic mass is 9.94. The Morgan fingerprint density at radius 3 is 2.14 bits per heavy atom. The van der Waals surface area contributed by atoms with Crippen LogP contribution in [0.15, 0.2) is 42.5 Å². The van der Waals surface area contributed by atoms with Gasteiger partial charge in [0.15, 0.2) is 0 Å². The van der Waals surface area contributed by atoms with E-state index in [-0.39, 0.29) is 23.8 Å². The van der Waals surface area contributed by atoms with Crippen molar-refractivity contribution in [3.8, 4) is 0 Å². The maximum atomic E-state index is 12.3. The highest BCUT2D eigenvalue weighted by Crippen LogP contribution is 2.17. The molecular formula is C17H23NO3. The summed E-state index contributed by atoms with van der Waals surface area (Å²) in [4.78, 5) is 23.6. The molecule has 0 aliphatic carbocycles. The second-order valence-electron chi connectivity index (χ2n) is 5.49. The van der Waals surface area contributed by atoms with Gasteiger partial charge in [0.1, 0.15) is 6.10 Å². The predicted octanol–water partition coefficient (Wildman–Crippen LogP) is 2.95. The quantitative estimate of drug-likeness (QED) is 0.647. The van der Waals surface area contributed by atoms with Crippen LogP contribution in [0.5, 0.6) is 0 Å². The fourth-order valence-electron chi connectivity index (χ4n) is 2.08. The Morgan fingerprint density at radius 1 is 1.14 bits per heavy atom. The Kier molecular flexibility index (Phi) is 6.15. The number of carbonyl (C=O) groups is 2. The first-order valence-corrected chi connectivity index (χ1v) is 7.01. The Morgan fingerprint density at radius 2 is 1.71 bits per heavy atom. The summed E-state index contributed by atoms with van der Waals surface area (Å²) < 4.78 is 5.32. The number of hydrogen-bond acceptors (Lipinski definition) is 3. The summed E-state index contributed by atoms with van der Waals surface area (Å²) in [5, 5.41) is 2.94. The van der Waals surface area contributed by atoms with Crippen LogP contribution in [-0.4, -0.2) is 24.0 Å². The third-order valence-corrected chi connectivity index (χ3v) is 3.16. The molecule has 1 N–H and O–H groups in total. The van der Waals surface area contributed by atoms with Crippen LogP contribution in [-0.2, 0) is 9.53 Å². The van der Waals surface area contributed by atoms with Gasteiger partial charge in [-0.2, -0.15) is 0 Å². The van der Waals surface area contributed by atoms with Gasteiger partial charge in [0.05, 0.1) is 6.04 Å². The molecule has 1 aromatic rings. The SMILES string of the molecule is C=C(C)C(OC(C)=O)[C@@H](NC(=O)c1ccccc1)C(C)C. The summed E-state index contributed by atoms with van der Waals surface area (Å²) in [6.07, 6.45) is -0.532. The summed E-state index contributed by atoms with van der Waals surface area (Å²) in [5.74, 6) is -0.478.